The number of nitrogens with zero attached hydrogens (tertiary/aromatic N) is 4. The number of hydrogen-bond donors (Lipinski definition) is 0. The van der Waals surface area contributed by atoms with Gasteiger partial charge in [-0.1, -0.05) is 12.8 Å². The normalized spacial score (nSPS) is 29.6. The second kappa shape index (κ2) is 8.68. The molecule has 2 atom stereocenters. The van der Waals surface area contributed by atoms with Crippen molar-refractivity contribution in [3.05, 3.63) is 24.0 Å². The molecule has 1 saturated heterocycles. The summed E-state index contributed by atoms with van der Waals surface area (Å²) < 4.78 is 25.9. The molecule has 0 bridgehead atoms. The zero-order valence-corrected chi connectivity index (χ0v) is 16.6. The minimum absolute atomic E-state index is 0.141. The zero-order chi connectivity index (χ0) is 19.4. The van der Waals surface area contributed by atoms with Crippen LogP contribution < -0.4 is 9.22 Å². The zero-order valence-electron chi connectivity index (χ0n) is 16.6. The van der Waals surface area contributed by atoms with E-state index in [2.05, 4.69) is 9.89 Å². The van der Waals surface area contributed by atoms with Gasteiger partial charge in [0.25, 0.3) is 6.29 Å². The molecule has 3 aliphatic rings. The van der Waals surface area contributed by atoms with Crippen molar-refractivity contribution in [1.29, 1.82) is 0 Å². The fourth-order valence-corrected chi connectivity index (χ4v) is 4.86. The smallest absolute Gasteiger partial charge is 0.255 e. The Balaban J connectivity index is 1.81. The monoisotopic (exact) mass is 389 g/mol. The van der Waals surface area contributed by atoms with E-state index in [9.17, 15) is 4.39 Å². The average molecular weight is 389 g/mol. The van der Waals surface area contributed by atoms with Crippen molar-refractivity contribution < 1.29 is 13.9 Å². The van der Waals surface area contributed by atoms with Gasteiger partial charge in [-0.05, 0) is 18.9 Å². The van der Waals surface area contributed by atoms with Crippen LogP contribution in [0.5, 0.6) is 5.75 Å². The van der Waals surface area contributed by atoms with Crippen LogP contribution in [-0.4, -0.2) is 63.3 Å². The fourth-order valence-electron chi connectivity index (χ4n) is 4.86. The Morgan fingerprint density at radius 2 is 1.89 bits per heavy atom. The van der Waals surface area contributed by atoms with Crippen LogP contribution in [0.25, 0.3) is 0 Å². The summed E-state index contributed by atoms with van der Waals surface area (Å²) in [5.41, 5.74) is 0.891. The molecule has 1 aromatic carbocycles. The molecule has 2 aliphatic heterocycles. The van der Waals surface area contributed by atoms with Crippen molar-refractivity contribution in [2.75, 3.05) is 33.4 Å². The number of rotatable bonds is 4. The summed E-state index contributed by atoms with van der Waals surface area (Å²) in [7, 11) is 1.50. The van der Waals surface area contributed by atoms with Crippen LogP contribution in [0.15, 0.2) is 28.2 Å². The lowest BCUT2D eigenvalue weighted by Crippen LogP contribution is -2.68. The summed E-state index contributed by atoms with van der Waals surface area (Å²) in [5.74, 6) is -0.0714. The van der Waals surface area contributed by atoms with Gasteiger partial charge < -0.3 is 9.47 Å². The van der Waals surface area contributed by atoms with E-state index in [0.717, 1.165) is 31.6 Å². The summed E-state index contributed by atoms with van der Waals surface area (Å²) in [6.45, 7) is 3.04. The van der Waals surface area contributed by atoms with E-state index in [1.807, 2.05) is 12.4 Å². The summed E-state index contributed by atoms with van der Waals surface area (Å²) in [5, 5.41) is 0. The Bertz CT molecular complexity index is 727. The summed E-state index contributed by atoms with van der Waals surface area (Å²) in [4.78, 5) is 11.7. The lowest BCUT2D eigenvalue weighted by atomic mass is 10.0. The number of hydrogen-bond acceptors (Lipinski definition) is 5. The van der Waals surface area contributed by atoms with E-state index >= 15 is 0 Å². The van der Waals surface area contributed by atoms with Crippen LogP contribution in [0.1, 0.15) is 38.5 Å². The minimum Gasteiger partial charge on any atom is -0.494 e. The predicted molar refractivity (Wildman–Crippen MR) is 109 cm³/mol. The maximum Gasteiger partial charge on any atom is 0.255 e. The number of quaternary nitrogens is 1. The lowest BCUT2D eigenvalue weighted by Gasteiger charge is -2.48. The predicted octanol–water partition coefficient (Wildman–Crippen LogP) is 3.55. The molecular formula is C21H30FN4O2+. The first-order valence-corrected chi connectivity index (χ1v) is 10.4. The highest BCUT2D eigenvalue weighted by Gasteiger charge is 2.49. The van der Waals surface area contributed by atoms with Crippen molar-refractivity contribution >= 4 is 18.4 Å². The second-order valence-electron chi connectivity index (χ2n) is 7.82. The molecule has 28 heavy (non-hydrogen) atoms. The Labute approximate surface area is 166 Å². The Morgan fingerprint density at radius 3 is 2.57 bits per heavy atom. The van der Waals surface area contributed by atoms with E-state index in [-0.39, 0.29) is 17.9 Å². The standard InChI is InChI=1S/C21H30FN4O2/c1-27-20-9-8-18(14-19(20)22)26(17-6-4-2-3-5-7-17)16-23-15-24-21(26)25-10-12-28-13-11-25/h8-9,14-17,21H,2-7,10-13H2,1H3/q+1. The molecule has 7 heteroatoms. The fraction of sp³-hybridized carbons (Fsp3) is 0.619. The van der Waals surface area contributed by atoms with Gasteiger partial charge in [0.1, 0.15) is 18.1 Å². The molecule has 0 amide bonds. The van der Waals surface area contributed by atoms with Crippen LogP contribution in [0, 0.1) is 5.82 Å². The first-order valence-electron chi connectivity index (χ1n) is 10.4. The third kappa shape index (κ3) is 3.58. The maximum atomic E-state index is 14.7. The van der Waals surface area contributed by atoms with E-state index in [4.69, 9.17) is 14.5 Å². The molecule has 6 nitrogen and oxygen atoms in total. The number of benzene rings is 1. The van der Waals surface area contributed by atoms with Gasteiger partial charge in [0.15, 0.2) is 17.9 Å². The highest BCUT2D eigenvalue weighted by molar-refractivity contribution is 5.84. The quantitative estimate of drug-likeness (QED) is 0.584. The minimum atomic E-state index is -0.338. The molecule has 4 rings (SSSR count). The number of ether oxygens (including phenoxy) is 2. The van der Waals surface area contributed by atoms with Crippen LogP contribution >= 0.6 is 0 Å². The largest absolute Gasteiger partial charge is 0.494 e. The average Bonchev–Trinajstić information content (AvgIpc) is 3.04. The maximum absolute atomic E-state index is 14.7. The van der Waals surface area contributed by atoms with Gasteiger partial charge in [-0.3, -0.25) is 0 Å². The Kier molecular flexibility index (Phi) is 6.04. The molecule has 1 aromatic rings. The van der Waals surface area contributed by atoms with Gasteiger partial charge in [-0.2, -0.15) is 9.98 Å². The highest BCUT2D eigenvalue weighted by atomic mass is 19.1. The molecule has 0 N–H and O–H groups in total. The van der Waals surface area contributed by atoms with Crippen molar-refractivity contribution in [3.63, 3.8) is 0 Å². The van der Waals surface area contributed by atoms with Gasteiger partial charge in [0.05, 0.1) is 20.3 Å². The van der Waals surface area contributed by atoms with Crippen molar-refractivity contribution in [1.82, 2.24) is 9.38 Å². The van der Waals surface area contributed by atoms with E-state index in [0.29, 0.717) is 23.7 Å². The van der Waals surface area contributed by atoms with E-state index in [1.165, 1.54) is 32.8 Å². The topological polar surface area (TPSA) is 46.4 Å². The second-order valence-corrected chi connectivity index (χ2v) is 7.82. The number of aliphatic imine (C=N–C) groups is 2. The molecular weight excluding hydrogens is 359 g/mol. The highest BCUT2D eigenvalue weighted by Crippen LogP contribution is 2.39. The van der Waals surface area contributed by atoms with Crippen molar-refractivity contribution in [2.24, 2.45) is 9.98 Å². The Hall–Kier alpha value is -1.83. The van der Waals surface area contributed by atoms with Gasteiger partial charge >= 0.3 is 0 Å². The SMILES string of the molecule is COc1ccc([N+]2(C3CCCCCC3)C=NC=NC2N2CCOCC2)cc1F. The van der Waals surface area contributed by atoms with Crippen LogP contribution in [0.2, 0.25) is 0 Å². The van der Waals surface area contributed by atoms with Crippen molar-refractivity contribution in [3.8, 4) is 5.75 Å². The summed E-state index contributed by atoms with van der Waals surface area (Å²) >= 11 is 0. The molecule has 2 fully saturated rings. The number of methoxy groups -OCH3 is 1. The number of morpholine rings is 1. The molecule has 0 spiro atoms. The molecule has 1 saturated carbocycles. The van der Waals surface area contributed by atoms with Gasteiger partial charge in [-0.15, -0.1) is 0 Å². The third-order valence-corrected chi connectivity index (χ3v) is 6.29. The molecule has 2 heterocycles. The number of halogens is 1. The van der Waals surface area contributed by atoms with Crippen molar-refractivity contribution in [2.45, 2.75) is 50.9 Å². The summed E-state index contributed by atoms with van der Waals surface area (Å²) in [6, 6.07) is 5.64. The van der Waals surface area contributed by atoms with Gasteiger partial charge in [-0.25, -0.2) is 13.8 Å². The molecule has 152 valence electrons. The molecule has 0 aromatic heterocycles. The third-order valence-electron chi connectivity index (χ3n) is 6.29. The first-order chi connectivity index (χ1) is 13.8. The first kappa shape index (κ1) is 19.5. The molecule has 0 radical (unpaired) electrons. The van der Waals surface area contributed by atoms with Crippen LogP contribution in [-0.2, 0) is 4.74 Å². The lowest BCUT2D eigenvalue weighted by molar-refractivity contribution is -0.0187. The molecule has 2 unspecified atom stereocenters. The van der Waals surface area contributed by atoms with E-state index in [1.54, 1.807) is 18.5 Å². The van der Waals surface area contributed by atoms with Gasteiger partial charge in [0.2, 0.25) is 0 Å². The summed E-state index contributed by atoms with van der Waals surface area (Å²) in [6.07, 6.45) is 10.6. The van der Waals surface area contributed by atoms with Gasteiger partial charge in [0, 0.05) is 38.1 Å². The van der Waals surface area contributed by atoms with E-state index < -0.39 is 0 Å². The Morgan fingerprint density at radius 1 is 1.14 bits per heavy atom. The van der Waals surface area contributed by atoms with Crippen LogP contribution in [0.4, 0.5) is 10.1 Å². The van der Waals surface area contributed by atoms with Crippen LogP contribution in [0.3, 0.4) is 0 Å². The molecule has 1 aliphatic carbocycles.